The van der Waals surface area contributed by atoms with E-state index in [9.17, 15) is 18.0 Å². The van der Waals surface area contributed by atoms with Crippen molar-refractivity contribution in [2.45, 2.75) is 19.9 Å². The van der Waals surface area contributed by atoms with Crippen LogP contribution in [0, 0.1) is 0 Å². The number of hydrogen-bond donors (Lipinski definition) is 0. The molecule has 0 aliphatic heterocycles. The number of alkyl halides is 3. The van der Waals surface area contributed by atoms with Crippen LogP contribution < -0.4 is 0 Å². The van der Waals surface area contributed by atoms with Gasteiger partial charge in [-0.2, -0.15) is 5.10 Å². The highest BCUT2D eigenvalue weighted by atomic mass is 19.4. The molecule has 0 unspecified atom stereocenters. The first-order valence-corrected chi connectivity index (χ1v) is 4.74. The number of esters is 1. The van der Waals surface area contributed by atoms with Crippen molar-refractivity contribution in [2.24, 2.45) is 7.05 Å². The minimum absolute atomic E-state index is 0.0146. The van der Waals surface area contributed by atoms with Crippen LogP contribution in [-0.4, -0.2) is 28.7 Å². The summed E-state index contributed by atoms with van der Waals surface area (Å²) in [5, 5.41) is 3.69. The summed E-state index contributed by atoms with van der Waals surface area (Å²) in [6, 6.07) is 0. The largest absolute Gasteiger partial charge is 0.522 e. The van der Waals surface area contributed by atoms with E-state index in [1.165, 1.54) is 7.05 Å². The monoisotopic (exact) mass is 252 g/mol. The van der Waals surface area contributed by atoms with Crippen molar-refractivity contribution in [1.29, 1.82) is 0 Å². The number of rotatable bonds is 4. The summed E-state index contributed by atoms with van der Waals surface area (Å²) in [7, 11) is 1.41. The van der Waals surface area contributed by atoms with Gasteiger partial charge in [0.1, 0.15) is 5.56 Å². The lowest BCUT2D eigenvalue weighted by Crippen LogP contribution is -2.16. The Kier molecular flexibility index (Phi) is 4.11. The van der Waals surface area contributed by atoms with E-state index in [1.54, 1.807) is 6.92 Å². The SMILES string of the molecule is CCOC(=O)c1cnn(C)c1COC(F)(F)F. The highest BCUT2D eigenvalue weighted by Crippen LogP contribution is 2.20. The summed E-state index contributed by atoms with van der Waals surface area (Å²) in [5.41, 5.74) is -0.0145. The number of aryl methyl sites for hydroxylation is 1. The Hall–Kier alpha value is -1.57. The van der Waals surface area contributed by atoms with Gasteiger partial charge in [0.25, 0.3) is 0 Å². The second-order valence-electron chi connectivity index (χ2n) is 3.08. The molecule has 8 heteroatoms. The zero-order valence-corrected chi connectivity index (χ0v) is 9.24. The Morgan fingerprint density at radius 3 is 2.71 bits per heavy atom. The molecule has 17 heavy (non-hydrogen) atoms. The summed E-state index contributed by atoms with van der Waals surface area (Å²) in [6.07, 6.45) is -3.61. The van der Waals surface area contributed by atoms with Gasteiger partial charge in [0.05, 0.1) is 25.1 Å². The molecule has 0 saturated carbocycles. The fourth-order valence-electron chi connectivity index (χ4n) is 1.16. The summed E-state index contributed by atoms with van der Waals surface area (Å²) in [5.74, 6) is -0.721. The number of aromatic nitrogens is 2. The van der Waals surface area contributed by atoms with Gasteiger partial charge >= 0.3 is 12.3 Å². The van der Waals surface area contributed by atoms with E-state index in [0.717, 1.165) is 10.9 Å². The summed E-state index contributed by atoms with van der Waals surface area (Å²) in [6.45, 7) is 0.946. The molecule has 0 radical (unpaired) electrons. The molecule has 0 saturated heterocycles. The van der Waals surface area contributed by atoms with Crippen molar-refractivity contribution >= 4 is 5.97 Å². The third-order valence-corrected chi connectivity index (χ3v) is 1.93. The summed E-state index contributed by atoms with van der Waals surface area (Å²) in [4.78, 5) is 11.4. The molecule has 1 rings (SSSR count). The van der Waals surface area contributed by atoms with Crippen molar-refractivity contribution in [1.82, 2.24) is 9.78 Å². The standard InChI is InChI=1S/C9H11F3N2O3/c1-3-16-8(15)6-4-13-14(2)7(6)5-17-9(10,11)12/h4H,3,5H2,1-2H3. The number of carbonyl (C=O) groups is 1. The lowest BCUT2D eigenvalue weighted by atomic mass is 10.2. The Labute approximate surface area is 95.1 Å². The van der Waals surface area contributed by atoms with Gasteiger partial charge in [0, 0.05) is 7.05 Å². The van der Waals surface area contributed by atoms with Crippen molar-refractivity contribution in [2.75, 3.05) is 6.61 Å². The van der Waals surface area contributed by atoms with Crippen LogP contribution in [0.3, 0.4) is 0 Å². The van der Waals surface area contributed by atoms with Crippen LogP contribution in [0.5, 0.6) is 0 Å². The van der Waals surface area contributed by atoms with Crippen LogP contribution in [0.2, 0.25) is 0 Å². The van der Waals surface area contributed by atoms with E-state index in [2.05, 4.69) is 14.6 Å². The minimum atomic E-state index is -4.75. The molecule has 0 aliphatic rings. The van der Waals surface area contributed by atoms with Gasteiger partial charge in [-0.05, 0) is 6.92 Å². The van der Waals surface area contributed by atoms with Crippen LogP contribution in [0.25, 0.3) is 0 Å². The van der Waals surface area contributed by atoms with E-state index in [1.807, 2.05) is 0 Å². The Balaban J connectivity index is 2.83. The molecule has 0 aliphatic carbocycles. The molecule has 0 bridgehead atoms. The first-order chi connectivity index (χ1) is 7.85. The van der Waals surface area contributed by atoms with Crippen LogP contribution in [0.4, 0.5) is 13.2 Å². The fraction of sp³-hybridized carbons (Fsp3) is 0.556. The van der Waals surface area contributed by atoms with Gasteiger partial charge in [0.15, 0.2) is 0 Å². The van der Waals surface area contributed by atoms with Crippen molar-refractivity contribution < 1.29 is 27.4 Å². The van der Waals surface area contributed by atoms with Crippen LogP contribution in [-0.2, 0) is 23.1 Å². The topological polar surface area (TPSA) is 53.3 Å². The maximum atomic E-state index is 11.9. The highest BCUT2D eigenvalue weighted by Gasteiger charge is 2.30. The molecule has 0 spiro atoms. The zero-order chi connectivity index (χ0) is 13.1. The van der Waals surface area contributed by atoms with Crippen LogP contribution >= 0.6 is 0 Å². The molecule has 96 valence electrons. The number of carbonyl (C=O) groups excluding carboxylic acids is 1. The van der Waals surface area contributed by atoms with Crippen molar-refractivity contribution in [3.8, 4) is 0 Å². The first-order valence-electron chi connectivity index (χ1n) is 4.74. The summed E-state index contributed by atoms with van der Waals surface area (Å²) < 4.78 is 45.2. The predicted molar refractivity (Wildman–Crippen MR) is 50.0 cm³/mol. The molecule has 0 atom stereocenters. The zero-order valence-electron chi connectivity index (χ0n) is 9.24. The Morgan fingerprint density at radius 1 is 1.53 bits per heavy atom. The minimum Gasteiger partial charge on any atom is -0.462 e. The molecule has 1 aromatic rings. The third-order valence-electron chi connectivity index (χ3n) is 1.93. The van der Waals surface area contributed by atoms with E-state index >= 15 is 0 Å². The average molecular weight is 252 g/mol. The highest BCUT2D eigenvalue weighted by molar-refractivity contribution is 5.90. The number of nitrogens with zero attached hydrogens (tertiary/aromatic N) is 2. The third kappa shape index (κ3) is 3.74. The Morgan fingerprint density at radius 2 is 2.18 bits per heavy atom. The number of halogens is 3. The maximum absolute atomic E-state index is 11.9. The van der Waals surface area contributed by atoms with E-state index in [0.29, 0.717) is 0 Å². The second kappa shape index (κ2) is 5.17. The number of hydrogen-bond acceptors (Lipinski definition) is 4. The number of ether oxygens (including phenoxy) is 2. The van der Waals surface area contributed by atoms with E-state index < -0.39 is 18.9 Å². The van der Waals surface area contributed by atoms with E-state index in [-0.39, 0.29) is 17.9 Å². The molecular weight excluding hydrogens is 241 g/mol. The van der Waals surface area contributed by atoms with Crippen molar-refractivity contribution in [3.63, 3.8) is 0 Å². The van der Waals surface area contributed by atoms with Crippen LogP contribution in [0.1, 0.15) is 23.0 Å². The lowest BCUT2D eigenvalue weighted by Gasteiger charge is -2.09. The van der Waals surface area contributed by atoms with E-state index in [4.69, 9.17) is 0 Å². The lowest BCUT2D eigenvalue weighted by molar-refractivity contribution is -0.330. The quantitative estimate of drug-likeness (QED) is 0.764. The fourth-order valence-corrected chi connectivity index (χ4v) is 1.16. The van der Waals surface area contributed by atoms with Gasteiger partial charge in [-0.25, -0.2) is 4.79 Å². The second-order valence-corrected chi connectivity index (χ2v) is 3.08. The smallest absolute Gasteiger partial charge is 0.462 e. The van der Waals surface area contributed by atoms with Gasteiger partial charge in [0.2, 0.25) is 0 Å². The average Bonchev–Trinajstić information content (AvgIpc) is 2.56. The predicted octanol–water partition coefficient (Wildman–Crippen LogP) is 1.63. The van der Waals surface area contributed by atoms with Crippen molar-refractivity contribution in [3.05, 3.63) is 17.5 Å². The van der Waals surface area contributed by atoms with Gasteiger partial charge < -0.3 is 4.74 Å². The van der Waals surface area contributed by atoms with Gasteiger partial charge in [-0.15, -0.1) is 13.2 Å². The molecule has 0 amide bonds. The van der Waals surface area contributed by atoms with Crippen LogP contribution in [0.15, 0.2) is 6.20 Å². The molecule has 1 heterocycles. The molecule has 5 nitrogen and oxygen atoms in total. The maximum Gasteiger partial charge on any atom is 0.522 e. The van der Waals surface area contributed by atoms with Gasteiger partial charge in [-0.1, -0.05) is 0 Å². The molecule has 0 aromatic carbocycles. The molecule has 1 aromatic heterocycles. The van der Waals surface area contributed by atoms with Gasteiger partial charge in [-0.3, -0.25) is 9.42 Å². The molecule has 0 fully saturated rings. The normalized spacial score (nSPS) is 11.6. The first kappa shape index (κ1) is 13.5. The molecular formula is C9H11F3N2O3. The molecule has 0 N–H and O–H groups in total. The summed E-state index contributed by atoms with van der Waals surface area (Å²) >= 11 is 0. The Bertz CT molecular complexity index is 401.